The van der Waals surface area contributed by atoms with Gasteiger partial charge in [0.25, 0.3) is 5.91 Å². The molecule has 0 aliphatic rings. The van der Waals surface area contributed by atoms with Gasteiger partial charge < -0.3 is 15.4 Å². The summed E-state index contributed by atoms with van der Waals surface area (Å²) in [5.74, 6) is 0.422. The number of benzene rings is 4. The Bertz CT molecular complexity index is 1240. The third-order valence-electron chi connectivity index (χ3n) is 5.02. The van der Waals surface area contributed by atoms with Gasteiger partial charge in [-0.3, -0.25) is 4.79 Å². The minimum atomic E-state index is -0.220. The van der Waals surface area contributed by atoms with Gasteiger partial charge in [0, 0.05) is 33.5 Å². The Balaban J connectivity index is 1.52. The Kier molecular flexibility index (Phi) is 6.84. The molecule has 0 aromatic heterocycles. The van der Waals surface area contributed by atoms with E-state index in [1.54, 1.807) is 6.07 Å². The lowest BCUT2D eigenvalue weighted by atomic mass is 10.0. The smallest absolute Gasteiger partial charge is 0.262 e. The van der Waals surface area contributed by atoms with Crippen molar-refractivity contribution in [1.29, 1.82) is 0 Å². The largest absolute Gasteiger partial charge is 0.483 e. The van der Waals surface area contributed by atoms with Gasteiger partial charge in [0.05, 0.1) is 0 Å². The lowest BCUT2D eigenvalue weighted by Gasteiger charge is -2.16. The van der Waals surface area contributed by atoms with Crippen LogP contribution < -0.4 is 15.4 Å². The number of rotatable bonds is 7. The highest BCUT2D eigenvalue weighted by Crippen LogP contribution is 2.30. The molecule has 0 bridgehead atoms. The number of hydrogen-bond donors (Lipinski definition) is 2. The monoisotopic (exact) mass is 464 g/mol. The molecule has 0 spiro atoms. The van der Waals surface area contributed by atoms with E-state index in [9.17, 15) is 4.79 Å². The molecule has 0 saturated heterocycles. The number of aryl methyl sites for hydroxylation is 1. The van der Waals surface area contributed by atoms with Crippen molar-refractivity contribution in [2.75, 3.05) is 17.2 Å². The van der Waals surface area contributed by atoms with Crippen LogP contribution in [0.25, 0.3) is 10.8 Å². The molecule has 0 fully saturated rings. The van der Waals surface area contributed by atoms with Crippen LogP contribution in [0.5, 0.6) is 5.75 Å². The van der Waals surface area contributed by atoms with Crippen LogP contribution in [0.1, 0.15) is 11.1 Å². The van der Waals surface area contributed by atoms with Gasteiger partial charge in [0.1, 0.15) is 5.75 Å². The minimum absolute atomic E-state index is 0.0950. The Morgan fingerprint density at radius 2 is 1.59 bits per heavy atom. The second kappa shape index (κ2) is 9.94. The number of fused-ring (bicyclic) bond motifs is 1. The summed E-state index contributed by atoms with van der Waals surface area (Å²) in [7, 11) is 0. The van der Waals surface area contributed by atoms with Gasteiger partial charge in [0.15, 0.2) is 6.61 Å². The molecule has 6 heteroatoms. The lowest BCUT2D eigenvalue weighted by molar-refractivity contribution is -0.118. The van der Waals surface area contributed by atoms with Crippen LogP contribution >= 0.6 is 23.2 Å². The van der Waals surface area contributed by atoms with Crippen molar-refractivity contribution in [1.82, 2.24) is 0 Å². The predicted molar refractivity (Wildman–Crippen MR) is 133 cm³/mol. The number of anilines is 2. The molecule has 2 N–H and O–H groups in total. The van der Waals surface area contributed by atoms with E-state index >= 15 is 0 Å². The molecule has 0 radical (unpaired) electrons. The van der Waals surface area contributed by atoms with E-state index in [0.29, 0.717) is 22.3 Å². The lowest BCUT2D eigenvalue weighted by Crippen LogP contribution is -2.20. The van der Waals surface area contributed by atoms with E-state index in [1.165, 1.54) is 0 Å². The molecule has 32 heavy (non-hydrogen) atoms. The van der Waals surface area contributed by atoms with Crippen molar-refractivity contribution in [3.05, 3.63) is 100 Å². The topological polar surface area (TPSA) is 50.4 Å². The van der Waals surface area contributed by atoms with Crippen molar-refractivity contribution in [3.8, 4) is 5.75 Å². The summed E-state index contributed by atoms with van der Waals surface area (Å²) in [6.07, 6.45) is 0. The van der Waals surface area contributed by atoms with Gasteiger partial charge >= 0.3 is 0 Å². The molecule has 4 aromatic carbocycles. The minimum Gasteiger partial charge on any atom is -0.483 e. The van der Waals surface area contributed by atoms with E-state index in [0.717, 1.165) is 33.3 Å². The fraction of sp³-hybridized carbons (Fsp3) is 0.115. The summed E-state index contributed by atoms with van der Waals surface area (Å²) >= 11 is 12.2. The van der Waals surface area contributed by atoms with Crippen molar-refractivity contribution >= 4 is 51.3 Å². The highest BCUT2D eigenvalue weighted by molar-refractivity contribution is 6.35. The third-order valence-corrected chi connectivity index (χ3v) is 5.46. The van der Waals surface area contributed by atoms with Crippen LogP contribution in [-0.4, -0.2) is 12.5 Å². The number of ether oxygens (including phenoxy) is 1. The number of carbonyl (C=O) groups excluding carboxylic acids is 1. The van der Waals surface area contributed by atoms with Crippen molar-refractivity contribution in [2.24, 2.45) is 0 Å². The zero-order valence-electron chi connectivity index (χ0n) is 17.5. The van der Waals surface area contributed by atoms with Crippen LogP contribution in [-0.2, 0) is 11.3 Å². The van der Waals surface area contributed by atoms with Gasteiger partial charge in [-0.1, -0.05) is 71.2 Å². The molecule has 4 nitrogen and oxygen atoms in total. The standard InChI is InChI=1S/C26H22Cl2N2O2/c1-17-6-9-21(10-7-17)30-26(31)16-32-25-11-8-18-4-2-3-5-23(18)24(25)15-29-22-13-19(27)12-20(28)14-22/h2-14,29H,15-16H2,1H3,(H,30,31). The van der Waals surface area contributed by atoms with Crippen molar-refractivity contribution in [3.63, 3.8) is 0 Å². The van der Waals surface area contributed by atoms with Crippen LogP contribution in [0.3, 0.4) is 0 Å². The fourth-order valence-electron chi connectivity index (χ4n) is 3.46. The summed E-state index contributed by atoms with van der Waals surface area (Å²) in [6.45, 7) is 2.39. The predicted octanol–water partition coefficient (Wildman–Crippen LogP) is 7.08. The first-order valence-corrected chi connectivity index (χ1v) is 10.9. The maximum absolute atomic E-state index is 12.4. The Morgan fingerprint density at radius 3 is 2.34 bits per heavy atom. The molecule has 162 valence electrons. The second-order valence-corrected chi connectivity index (χ2v) is 8.35. The zero-order chi connectivity index (χ0) is 22.5. The molecular formula is C26H22Cl2N2O2. The van der Waals surface area contributed by atoms with Crippen molar-refractivity contribution in [2.45, 2.75) is 13.5 Å². The van der Waals surface area contributed by atoms with E-state index in [4.69, 9.17) is 27.9 Å². The van der Waals surface area contributed by atoms with Crippen LogP contribution in [0.2, 0.25) is 10.0 Å². The Labute approximate surface area is 197 Å². The van der Waals surface area contributed by atoms with E-state index in [-0.39, 0.29) is 12.5 Å². The number of amides is 1. The summed E-state index contributed by atoms with van der Waals surface area (Å²) < 4.78 is 5.93. The fourth-order valence-corrected chi connectivity index (χ4v) is 3.98. The second-order valence-electron chi connectivity index (χ2n) is 7.48. The average Bonchev–Trinajstić information content (AvgIpc) is 2.77. The summed E-state index contributed by atoms with van der Waals surface area (Å²) in [6, 6.07) is 24.9. The maximum Gasteiger partial charge on any atom is 0.262 e. The van der Waals surface area contributed by atoms with Crippen LogP contribution in [0, 0.1) is 6.92 Å². The quantitative estimate of drug-likeness (QED) is 0.307. The first-order valence-electron chi connectivity index (χ1n) is 10.2. The van der Waals surface area contributed by atoms with E-state index in [2.05, 4.69) is 10.6 Å². The number of nitrogens with one attached hydrogen (secondary N) is 2. The molecule has 4 aromatic rings. The molecule has 0 aliphatic carbocycles. The van der Waals surface area contributed by atoms with Gasteiger partial charge in [0.2, 0.25) is 0 Å². The molecule has 1 amide bonds. The van der Waals surface area contributed by atoms with Crippen LogP contribution in [0.15, 0.2) is 78.9 Å². The highest BCUT2D eigenvalue weighted by atomic mass is 35.5. The molecule has 0 heterocycles. The van der Waals surface area contributed by atoms with Crippen LogP contribution in [0.4, 0.5) is 11.4 Å². The highest BCUT2D eigenvalue weighted by Gasteiger charge is 2.12. The summed E-state index contributed by atoms with van der Waals surface area (Å²) in [4.78, 5) is 12.4. The van der Waals surface area contributed by atoms with Gasteiger partial charge in [-0.05, 0) is 54.1 Å². The molecule has 4 rings (SSSR count). The maximum atomic E-state index is 12.4. The Morgan fingerprint density at radius 1 is 0.875 bits per heavy atom. The SMILES string of the molecule is Cc1ccc(NC(=O)COc2ccc3ccccc3c2CNc2cc(Cl)cc(Cl)c2)cc1. The third kappa shape index (κ3) is 5.52. The normalized spacial score (nSPS) is 10.7. The summed E-state index contributed by atoms with van der Waals surface area (Å²) in [5, 5.41) is 9.46. The molecule has 0 saturated carbocycles. The zero-order valence-corrected chi connectivity index (χ0v) is 19.0. The number of hydrogen-bond acceptors (Lipinski definition) is 3. The van der Waals surface area contributed by atoms with Crippen molar-refractivity contribution < 1.29 is 9.53 Å². The molecule has 0 atom stereocenters. The summed E-state index contributed by atoms with van der Waals surface area (Å²) in [5.41, 5.74) is 3.62. The van der Waals surface area contributed by atoms with Gasteiger partial charge in [-0.15, -0.1) is 0 Å². The first-order chi connectivity index (χ1) is 15.5. The van der Waals surface area contributed by atoms with Gasteiger partial charge in [-0.25, -0.2) is 0 Å². The molecule has 0 unspecified atom stereocenters. The van der Waals surface area contributed by atoms with E-state index < -0.39 is 0 Å². The number of halogens is 2. The number of carbonyl (C=O) groups is 1. The first kappa shape index (κ1) is 22.0. The molecule has 0 aliphatic heterocycles. The molecular weight excluding hydrogens is 443 g/mol. The Hall–Kier alpha value is -3.21. The van der Waals surface area contributed by atoms with E-state index in [1.807, 2.05) is 79.7 Å². The van der Waals surface area contributed by atoms with Gasteiger partial charge in [-0.2, -0.15) is 0 Å². The average molecular weight is 465 g/mol.